The zero-order valence-electron chi connectivity index (χ0n) is 11.3. The summed E-state index contributed by atoms with van der Waals surface area (Å²) in [5.74, 6) is 1.53. The first kappa shape index (κ1) is 12.6. The molecule has 0 amide bonds. The number of benzene rings is 1. The first-order chi connectivity index (χ1) is 9.83. The number of hydrogen-bond acceptors (Lipinski definition) is 4. The third kappa shape index (κ3) is 2.12. The van der Waals surface area contributed by atoms with E-state index in [0.29, 0.717) is 12.3 Å². The third-order valence-electron chi connectivity index (χ3n) is 3.25. The summed E-state index contributed by atoms with van der Waals surface area (Å²) in [5, 5.41) is 0. The van der Waals surface area contributed by atoms with E-state index >= 15 is 0 Å². The molecule has 0 fully saturated rings. The highest BCUT2D eigenvalue weighted by molar-refractivity contribution is 5.66. The molecule has 5 heteroatoms. The number of nitrogens with zero attached hydrogens (tertiary/aromatic N) is 3. The monoisotopic (exact) mass is 268 g/mol. The molecule has 20 heavy (non-hydrogen) atoms. The molecule has 5 nitrogen and oxygen atoms in total. The molecule has 0 aliphatic heterocycles. The van der Waals surface area contributed by atoms with Crippen LogP contribution in [0.4, 0.5) is 0 Å². The second kappa shape index (κ2) is 5.30. The van der Waals surface area contributed by atoms with Crippen molar-refractivity contribution in [2.75, 3.05) is 13.7 Å². The molecule has 2 heterocycles. The van der Waals surface area contributed by atoms with E-state index in [1.165, 1.54) is 0 Å². The van der Waals surface area contributed by atoms with Crippen LogP contribution in [0, 0.1) is 0 Å². The number of methoxy groups -OCH3 is 1. The Morgan fingerprint density at radius 3 is 2.75 bits per heavy atom. The summed E-state index contributed by atoms with van der Waals surface area (Å²) in [6, 6.07) is 9.76. The average molecular weight is 268 g/mol. The highest BCUT2D eigenvalue weighted by Crippen LogP contribution is 2.25. The summed E-state index contributed by atoms with van der Waals surface area (Å²) < 4.78 is 7.18. The van der Waals surface area contributed by atoms with Crippen LogP contribution in [-0.2, 0) is 6.42 Å². The molecular weight excluding hydrogens is 252 g/mol. The van der Waals surface area contributed by atoms with Crippen molar-refractivity contribution >= 4 is 5.78 Å². The molecule has 1 aromatic carbocycles. The Morgan fingerprint density at radius 1 is 1.25 bits per heavy atom. The van der Waals surface area contributed by atoms with Crippen LogP contribution in [0.5, 0.6) is 5.75 Å². The molecule has 0 radical (unpaired) electrons. The van der Waals surface area contributed by atoms with E-state index < -0.39 is 0 Å². The van der Waals surface area contributed by atoms with Gasteiger partial charge < -0.3 is 10.5 Å². The Balaban J connectivity index is 2.15. The van der Waals surface area contributed by atoms with Crippen molar-refractivity contribution < 1.29 is 4.74 Å². The van der Waals surface area contributed by atoms with Crippen LogP contribution in [0.3, 0.4) is 0 Å². The zero-order valence-corrected chi connectivity index (χ0v) is 11.3. The van der Waals surface area contributed by atoms with Gasteiger partial charge in [0.1, 0.15) is 5.75 Å². The highest BCUT2D eigenvalue weighted by Gasteiger charge is 2.13. The number of nitrogens with two attached hydrogens (primary N) is 1. The number of ether oxygens (including phenoxy) is 1. The summed E-state index contributed by atoms with van der Waals surface area (Å²) in [6.45, 7) is 0.575. The third-order valence-corrected chi connectivity index (χ3v) is 3.25. The standard InChI is InChI=1S/C15H16N4O/c1-20-12-5-3-11(4-6-12)14-13(7-8-16)19-10-2-9-17-15(19)18-14/h2-6,9-10H,7-8,16H2,1H3. The number of aromatic nitrogens is 3. The van der Waals surface area contributed by atoms with Crippen molar-refractivity contribution in [1.82, 2.24) is 14.4 Å². The minimum Gasteiger partial charge on any atom is -0.497 e. The molecule has 0 aliphatic carbocycles. The second-order valence-electron chi connectivity index (χ2n) is 4.46. The van der Waals surface area contributed by atoms with Gasteiger partial charge in [-0.05, 0) is 36.9 Å². The van der Waals surface area contributed by atoms with Crippen LogP contribution < -0.4 is 10.5 Å². The number of hydrogen-bond donors (Lipinski definition) is 1. The molecule has 2 N–H and O–H groups in total. The summed E-state index contributed by atoms with van der Waals surface area (Å²) in [5.41, 5.74) is 8.77. The van der Waals surface area contributed by atoms with E-state index in [9.17, 15) is 0 Å². The maximum atomic E-state index is 5.72. The van der Waals surface area contributed by atoms with Gasteiger partial charge in [-0.1, -0.05) is 0 Å². The van der Waals surface area contributed by atoms with Gasteiger partial charge in [0, 0.05) is 24.4 Å². The van der Waals surface area contributed by atoms with Gasteiger partial charge in [-0.3, -0.25) is 4.40 Å². The van der Waals surface area contributed by atoms with Crippen LogP contribution >= 0.6 is 0 Å². The van der Waals surface area contributed by atoms with E-state index in [4.69, 9.17) is 10.5 Å². The second-order valence-corrected chi connectivity index (χ2v) is 4.46. The predicted molar refractivity (Wildman–Crippen MR) is 77.7 cm³/mol. The lowest BCUT2D eigenvalue weighted by molar-refractivity contribution is 0.415. The molecule has 102 valence electrons. The lowest BCUT2D eigenvalue weighted by Crippen LogP contribution is -2.06. The molecule has 0 atom stereocenters. The molecule has 0 saturated heterocycles. The Morgan fingerprint density at radius 2 is 2.05 bits per heavy atom. The fourth-order valence-corrected chi connectivity index (χ4v) is 2.29. The van der Waals surface area contributed by atoms with Crippen LogP contribution in [0.25, 0.3) is 17.0 Å². The van der Waals surface area contributed by atoms with Crippen molar-refractivity contribution in [2.45, 2.75) is 6.42 Å². The minimum absolute atomic E-state index is 0.575. The van der Waals surface area contributed by atoms with Crippen LogP contribution in [0.15, 0.2) is 42.7 Å². The normalized spacial score (nSPS) is 10.9. The van der Waals surface area contributed by atoms with E-state index in [2.05, 4.69) is 9.97 Å². The van der Waals surface area contributed by atoms with Gasteiger partial charge in [0.25, 0.3) is 0 Å². The minimum atomic E-state index is 0.575. The lowest BCUT2D eigenvalue weighted by atomic mass is 10.1. The van der Waals surface area contributed by atoms with E-state index in [1.807, 2.05) is 40.9 Å². The largest absolute Gasteiger partial charge is 0.497 e. The van der Waals surface area contributed by atoms with Crippen molar-refractivity contribution in [3.05, 3.63) is 48.4 Å². The molecular formula is C15H16N4O. The van der Waals surface area contributed by atoms with Crippen molar-refractivity contribution in [1.29, 1.82) is 0 Å². The molecule has 0 bridgehead atoms. The topological polar surface area (TPSA) is 65.4 Å². The van der Waals surface area contributed by atoms with Crippen molar-refractivity contribution in [2.24, 2.45) is 5.73 Å². The summed E-state index contributed by atoms with van der Waals surface area (Å²) in [4.78, 5) is 8.90. The van der Waals surface area contributed by atoms with Gasteiger partial charge in [0.15, 0.2) is 0 Å². The molecule has 0 spiro atoms. The Hall–Kier alpha value is -2.40. The summed E-state index contributed by atoms with van der Waals surface area (Å²) >= 11 is 0. The van der Waals surface area contributed by atoms with Gasteiger partial charge in [-0.2, -0.15) is 0 Å². The Bertz CT molecular complexity index is 718. The van der Waals surface area contributed by atoms with Crippen LogP contribution in [-0.4, -0.2) is 28.0 Å². The predicted octanol–water partition coefficient (Wildman–Crippen LogP) is 1.91. The van der Waals surface area contributed by atoms with Crippen LogP contribution in [0.2, 0.25) is 0 Å². The Labute approximate surface area is 117 Å². The molecule has 0 saturated carbocycles. The number of rotatable bonds is 4. The molecule has 3 rings (SSSR count). The smallest absolute Gasteiger partial charge is 0.234 e. The molecule has 0 aliphatic rings. The first-order valence-corrected chi connectivity index (χ1v) is 6.50. The molecule has 3 aromatic rings. The number of imidazole rings is 1. The van der Waals surface area contributed by atoms with Crippen LogP contribution in [0.1, 0.15) is 5.69 Å². The van der Waals surface area contributed by atoms with E-state index in [-0.39, 0.29) is 0 Å². The SMILES string of the molecule is COc1ccc(-c2nc3ncccn3c2CCN)cc1. The Kier molecular flexibility index (Phi) is 3.35. The fourth-order valence-electron chi connectivity index (χ4n) is 2.29. The van der Waals surface area contributed by atoms with E-state index in [0.717, 1.165) is 29.1 Å². The number of fused-ring (bicyclic) bond motifs is 1. The van der Waals surface area contributed by atoms with Gasteiger partial charge in [0.05, 0.1) is 18.5 Å². The highest BCUT2D eigenvalue weighted by atomic mass is 16.5. The maximum Gasteiger partial charge on any atom is 0.234 e. The first-order valence-electron chi connectivity index (χ1n) is 6.50. The maximum absolute atomic E-state index is 5.72. The zero-order chi connectivity index (χ0) is 13.9. The van der Waals surface area contributed by atoms with Crippen molar-refractivity contribution in [3.63, 3.8) is 0 Å². The van der Waals surface area contributed by atoms with Gasteiger partial charge in [-0.25, -0.2) is 9.97 Å². The quantitative estimate of drug-likeness (QED) is 0.785. The van der Waals surface area contributed by atoms with Gasteiger partial charge in [0.2, 0.25) is 5.78 Å². The average Bonchev–Trinajstić information content (AvgIpc) is 2.87. The molecule has 2 aromatic heterocycles. The lowest BCUT2D eigenvalue weighted by Gasteiger charge is -2.04. The summed E-state index contributed by atoms with van der Waals surface area (Å²) in [6.07, 6.45) is 4.47. The van der Waals surface area contributed by atoms with Gasteiger partial charge in [-0.15, -0.1) is 0 Å². The van der Waals surface area contributed by atoms with Gasteiger partial charge >= 0.3 is 0 Å². The van der Waals surface area contributed by atoms with E-state index in [1.54, 1.807) is 13.3 Å². The molecule has 0 unspecified atom stereocenters. The summed E-state index contributed by atoms with van der Waals surface area (Å²) in [7, 11) is 1.66. The van der Waals surface area contributed by atoms with Crippen molar-refractivity contribution in [3.8, 4) is 17.0 Å². The fraction of sp³-hybridized carbons (Fsp3) is 0.200.